The molecule has 0 radical (unpaired) electrons. The summed E-state index contributed by atoms with van der Waals surface area (Å²) < 4.78 is 3.54. The Labute approximate surface area is 88.0 Å². The van der Waals surface area contributed by atoms with Crippen LogP contribution in [0, 0.1) is 0 Å². The molecule has 1 atom stereocenters. The second-order valence-electron chi connectivity index (χ2n) is 3.64. The molecule has 0 amide bonds. The van der Waals surface area contributed by atoms with E-state index in [4.69, 9.17) is 0 Å². The van der Waals surface area contributed by atoms with Gasteiger partial charge in [-0.2, -0.15) is 5.10 Å². The van der Waals surface area contributed by atoms with Gasteiger partial charge in [0.05, 0.1) is 6.20 Å². The molecule has 0 saturated carbocycles. The van der Waals surface area contributed by atoms with Gasteiger partial charge in [0.1, 0.15) is 11.9 Å². The lowest BCUT2D eigenvalue weighted by atomic mass is 10.1. The Bertz CT molecular complexity index is 446. The molecule has 0 bridgehead atoms. The quantitative estimate of drug-likeness (QED) is 0.792. The Morgan fingerprint density at radius 1 is 1.47 bits per heavy atom. The molecule has 0 aromatic carbocycles. The van der Waals surface area contributed by atoms with Crippen LogP contribution in [0.4, 0.5) is 0 Å². The van der Waals surface area contributed by atoms with Gasteiger partial charge >= 0.3 is 0 Å². The summed E-state index contributed by atoms with van der Waals surface area (Å²) in [6.07, 6.45) is 7.12. The average Bonchev–Trinajstić information content (AvgIpc) is 2.75. The number of aromatic nitrogens is 4. The number of hydrogen-bond donors (Lipinski definition) is 1. The minimum Gasteiger partial charge on any atom is -0.385 e. The minimum absolute atomic E-state index is 0.540. The predicted octanol–water partition coefficient (Wildman–Crippen LogP) is 0.430. The molecule has 15 heavy (non-hydrogen) atoms. The number of nitrogens with zero attached hydrogens (tertiary/aromatic N) is 4. The maximum Gasteiger partial charge on any atom is 0.137 e. The molecule has 2 aromatic rings. The highest BCUT2D eigenvalue weighted by Gasteiger charge is 2.13. The largest absolute Gasteiger partial charge is 0.385 e. The van der Waals surface area contributed by atoms with Crippen LogP contribution in [0.1, 0.15) is 17.5 Å². The van der Waals surface area contributed by atoms with Crippen LogP contribution in [0.3, 0.4) is 0 Å². The van der Waals surface area contributed by atoms with Crippen LogP contribution < -0.4 is 0 Å². The number of imidazole rings is 1. The number of rotatable bonds is 3. The van der Waals surface area contributed by atoms with Gasteiger partial charge in [0, 0.05) is 39.1 Å². The fourth-order valence-corrected chi connectivity index (χ4v) is 1.59. The van der Waals surface area contributed by atoms with Crippen LogP contribution in [0.25, 0.3) is 0 Å². The molecule has 0 aliphatic carbocycles. The highest BCUT2D eigenvalue weighted by atomic mass is 16.3. The SMILES string of the molecule is Cn1cc(CC(O)c2nccn2C)cn1. The molecular weight excluding hydrogens is 192 g/mol. The summed E-state index contributed by atoms with van der Waals surface area (Å²) in [5, 5.41) is 14.0. The van der Waals surface area contributed by atoms with Crippen molar-refractivity contribution in [2.24, 2.45) is 14.1 Å². The van der Waals surface area contributed by atoms with Gasteiger partial charge in [0.2, 0.25) is 0 Å². The Kier molecular flexibility index (Phi) is 2.55. The van der Waals surface area contributed by atoms with Crippen molar-refractivity contribution in [3.8, 4) is 0 Å². The average molecular weight is 206 g/mol. The van der Waals surface area contributed by atoms with Gasteiger partial charge in [-0.15, -0.1) is 0 Å². The minimum atomic E-state index is -0.575. The molecule has 2 heterocycles. The smallest absolute Gasteiger partial charge is 0.137 e. The molecule has 0 aliphatic heterocycles. The van der Waals surface area contributed by atoms with E-state index in [2.05, 4.69) is 10.1 Å². The first-order valence-corrected chi connectivity index (χ1v) is 4.79. The van der Waals surface area contributed by atoms with Gasteiger partial charge in [-0.1, -0.05) is 0 Å². The van der Waals surface area contributed by atoms with Crippen molar-refractivity contribution in [1.82, 2.24) is 19.3 Å². The van der Waals surface area contributed by atoms with E-state index < -0.39 is 6.10 Å². The molecule has 5 heteroatoms. The molecule has 1 unspecified atom stereocenters. The first-order valence-electron chi connectivity index (χ1n) is 4.79. The lowest BCUT2D eigenvalue weighted by Crippen LogP contribution is -2.07. The normalized spacial score (nSPS) is 13.0. The zero-order valence-corrected chi connectivity index (χ0v) is 8.83. The van der Waals surface area contributed by atoms with E-state index in [1.165, 1.54) is 0 Å². The highest BCUT2D eigenvalue weighted by molar-refractivity contribution is 5.08. The first-order chi connectivity index (χ1) is 7.16. The Balaban J connectivity index is 2.10. The molecule has 0 aliphatic rings. The van der Waals surface area contributed by atoms with E-state index in [-0.39, 0.29) is 0 Å². The summed E-state index contributed by atoms with van der Waals surface area (Å²) in [7, 11) is 3.73. The van der Waals surface area contributed by atoms with Gasteiger partial charge in [-0.05, 0) is 5.56 Å². The van der Waals surface area contributed by atoms with Crippen LogP contribution in [-0.4, -0.2) is 24.4 Å². The third-order valence-corrected chi connectivity index (χ3v) is 2.34. The van der Waals surface area contributed by atoms with Gasteiger partial charge < -0.3 is 9.67 Å². The monoisotopic (exact) mass is 206 g/mol. The van der Waals surface area contributed by atoms with Crippen molar-refractivity contribution < 1.29 is 5.11 Å². The van der Waals surface area contributed by atoms with Crippen molar-refractivity contribution in [2.45, 2.75) is 12.5 Å². The summed E-state index contributed by atoms with van der Waals surface area (Å²) in [5.41, 5.74) is 1.01. The second-order valence-corrected chi connectivity index (χ2v) is 3.64. The molecule has 0 saturated heterocycles. The van der Waals surface area contributed by atoms with Crippen molar-refractivity contribution in [2.75, 3.05) is 0 Å². The fraction of sp³-hybridized carbons (Fsp3) is 0.400. The third kappa shape index (κ3) is 2.07. The first kappa shape index (κ1) is 9.92. The molecule has 2 rings (SSSR count). The molecule has 80 valence electrons. The number of aliphatic hydroxyl groups is 1. The van der Waals surface area contributed by atoms with Crippen LogP contribution >= 0.6 is 0 Å². The van der Waals surface area contributed by atoms with E-state index in [0.717, 1.165) is 5.56 Å². The maximum absolute atomic E-state index is 9.93. The molecule has 1 N–H and O–H groups in total. The van der Waals surface area contributed by atoms with Crippen molar-refractivity contribution >= 4 is 0 Å². The number of aliphatic hydroxyl groups excluding tert-OH is 1. The summed E-state index contributed by atoms with van der Waals surface area (Å²) in [5.74, 6) is 0.679. The molecule has 0 spiro atoms. The number of aryl methyl sites for hydroxylation is 2. The van der Waals surface area contributed by atoms with Crippen molar-refractivity contribution in [3.05, 3.63) is 36.2 Å². The van der Waals surface area contributed by atoms with Crippen LogP contribution in [0.5, 0.6) is 0 Å². The summed E-state index contributed by atoms with van der Waals surface area (Å²) >= 11 is 0. The lowest BCUT2D eigenvalue weighted by molar-refractivity contribution is 0.165. The van der Waals surface area contributed by atoms with Gasteiger partial charge in [-0.25, -0.2) is 4.98 Å². The third-order valence-electron chi connectivity index (χ3n) is 2.34. The fourth-order valence-electron chi connectivity index (χ4n) is 1.59. The summed E-state index contributed by atoms with van der Waals surface area (Å²) in [6.45, 7) is 0. The Morgan fingerprint density at radius 2 is 2.27 bits per heavy atom. The van der Waals surface area contributed by atoms with E-state index in [0.29, 0.717) is 12.2 Å². The van der Waals surface area contributed by atoms with E-state index in [1.54, 1.807) is 17.1 Å². The number of hydrogen-bond acceptors (Lipinski definition) is 3. The molecule has 5 nitrogen and oxygen atoms in total. The van der Waals surface area contributed by atoms with Gasteiger partial charge in [-0.3, -0.25) is 4.68 Å². The van der Waals surface area contributed by atoms with Crippen LogP contribution in [0.15, 0.2) is 24.8 Å². The van der Waals surface area contributed by atoms with E-state index in [9.17, 15) is 5.11 Å². The zero-order chi connectivity index (χ0) is 10.8. The topological polar surface area (TPSA) is 55.9 Å². The standard InChI is InChI=1S/C10H14N4O/c1-13-4-3-11-10(13)9(15)5-8-6-12-14(2)7-8/h3-4,6-7,9,15H,5H2,1-2H3. The molecule has 0 fully saturated rings. The predicted molar refractivity (Wildman–Crippen MR) is 55.1 cm³/mol. The van der Waals surface area contributed by atoms with Crippen LogP contribution in [0.2, 0.25) is 0 Å². The van der Waals surface area contributed by atoms with E-state index in [1.807, 2.05) is 31.1 Å². The molecular formula is C10H14N4O. The highest BCUT2D eigenvalue weighted by Crippen LogP contribution is 2.15. The van der Waals surface area contributed by atoms with Crippen molar-refractivity contribution in [3.63, 3.8) is 0 Å². The van der Waals surface area contributed by atoms with Gasteiger partial charge in [0.15, 0.2) is 0 Å². The second kappa shape index (κ2) is 3.86. The summed E-state index contributed by atoms with van der Waals surface area (Å²) in [6, 6.07) is 0. The van der Waals surface area contributed by atoms with Crippen LogP contribution in [-0.2, 0) is 20.5 Å². The zero-order valence-electron chi connectivity index (χ0n) is 8.83. The van der Waals surface area contributed by atoms with Gasteiger partial charge in [0.25, 0.3) is 0 Å². The maximum atomic E-state index is 9.93. The Morgan fingerprint density at radius 3 is 2.80 bits per heavy atom. The molecule has 2 aromatic heterocycles. The van der Waals surface area contributed by atoms with E-state index >= 15 is 0 Å². The Hall–Kier alpha value is -1.62. The lowest BCUT2D eigenvalue weighted by Gasteiger charge is -2.08. The summed E-state index contributed by atoms with van der Waals surface area (Å²) in [4.78, 5) is 4.10. The van der Waals surface area contributed by atoms with Crippen molar-refractivity contribution in [1.29, 1.82) is 0 Å².